The summed E-state index contributed by atoms with van der Waals surface area (Å²) in [4.78, 5) is 33.5. The summed E-state index contributed by atoms with van der Waals surface area (Å²) >= 11 is 0. The van der Waals surface area contributed by atoms with Crippen LogP contribution in [-0.2, 0) is 9.53 Å². The van der Waals surface area contributed by atoms with Gasteiger partial charge in [0.05, 0.1) is 4.92 Å². The zero-order valence-corrected chi connectivity index (χ0v) is 13.5. The second-order valence-corrected chi connectivity index (χ2v) is 4.99. The van der Waals surface area contributed by atoms with Crippen LogP contribution in [0.25, 0.3) is 0 Å². The molecule has 0 heterocycles. The van der Waals surface area contributed by atoms with Gasteiger partial charge in [-0.05, 0) is 18.2 Å². The third-order valence-electron chi connectivity index (χ3n) is 3.15. The number of ether oxygens (including phenoxy) is 2. The Morgan fingerprint density at radius 3 is 2.62 bits per heavy atom. The van der Waals surface area contributed by atoms with E-state index in [-0.39, 0.29) is 30.2 Å². The van der Waals surface area contributed by atoms with Crippen LogP contribution in [0.15, 0.2) is 48.5 Å². The maximum Gasteiger partial charge on any atom is 0.325 e. The van der Waals surface area contributed by atoms with Crippen molar-refractivity contribution in [2.24, 2.45) is 0 Å². The monoisotopic (exact) mass is 362 g/mol. The van der Waals surface area contributed by atoms with E-state index in [9.17, 15) is 24.1 Å². The third-order valence-corrected chi connectivity index (χ3v) is 3.15. The van der Waals surface area contributed by atoms with Crippen molar-refractivity contribution in [1.82, 2.24) is 5.32 Å². The number of carbonyl (C=O) groups excluding carboxylic acids is 2. The van der Waals surface area contributed by atoms with Gasteiger partial charge in [-0.1, -0.05) is 18.2 Å². The number of hydrogen-bond acceptors (Lipinski definition) is 6. The maximum absolute atomic E-state index is 13.3. The fourth-order valence-corrected chi connectivity index (χ4v) is 1.94. The van der Waals surface area contributed by atoms with E-state index in [1.165, 1.54) is 36.4 Å². The van der Waals surface area contributed by atoms with Gasteiger partial charge in [-0.15, -0.1) is 0 Å². The van der Waals surface area contributed by atoms with Crippen molar-refractivity contribution in [3.05, 3.63) is 70.0 Å². The zero-order chi connectivity index (χ0) is 18.9. The number of esters is 1. The molecule has 2 rings (SSSR count). The summed E-state index contributed by atoms with van der Waals surface area (Å²) in [5.41, 5.74) is -0.180. The predicted molar refractivity (Wildman–Crippen MR) is 88.3 cm³/mol. The first kappa shape index (κ1) is 18.8. The molecule has 2 aromatic rings. The predicted octanol–water partition coefficient (Wildman–Crippen LogP) is 2.09. The number of amides is 1. The molecular weight excluding hydrogens is 347 g/mol. The van der Waals surface area contributed by atoms with E-state index in [1.807, 2.05) is 0 Å². The van der Waals surface area contributed by atoms with Gasteiger partial charge in [-0.25, -0.2) is 4.39 Å². The van der Waals surface area contributed by atoms with Gasteiger partial charge in [0.1, 0.15) is 19.8 Å². The molecule has 0 unspecified atom stereocenters. The number of nitrogens with one attached hydrogen (secondary N) is 1. The normalized spacial score (nSPS) is 10.0. The van der Waals surface area contributed by atoms with Crippen LogP contribution in [0.2, 0.25) is 0 Å². The standard InChI is InChI=1S/C17H15FN2O6/c18-14-6-1-2-7-15(14)25-8-9-26-16(21)11-19-17(22)12-4-3-5-13(10-12)20(23)24/h1-7,10H,8-9,11H2,(H,19,22). The van der Waals surface area contributed by atoms with Crippen LogP contribution >= 0.6 is 0 Å². The van der Waals surface area contributed by atoms with Crippen LogP contribution in [0.1, 0.15) is 10.4 Å². The number of halogens is 1. The molecule has 0 bridgehead atoms. The molecule has 0 fully saturated rings. The Balaban J connectivity index is 1.71. The molecule has 0 aliphatic heterocycles. The molecule has 8 nitrogen and oxygen atoms in total. The molecule has 0 saturated heterocycles. The fraction of sp³-hybridized carbons (Fsp3) is 0.176. The van der Waals surface area contributed by atoms with Crippen LogP contribution in [0, 0.1) is 15.9 Å². The molecule has 1 amide bonds. The number of hydrogen-bond donors (Lipinski definition) is 1. The fourth-order valence-electron chi connectivity index (χ4n) is 1.94. The molecule has 0 spiro atoms. The minimum absolute atomic E-state index is 0.0440. The number of nitro groups is 1. The van der Waals surface area contributed by atoms with Crippen molar-refractivity contribution in [3.8, 4) is 5.75 Å². The van der Waals surface area contributed by atoms with E-state index in [2.05, 4.69) is 5.32 Å². The Bertz CT molecular complexity index is 811. The minimum Gasteiger partial charge on any atom is -0.487 e. The summed E-state index contributed by atoms with van der Waals surface area (Å²) in [6, 6.07) is 10.9. The largest absolute Gasteiger partial charge is 0.487 e. The summed E-state index contributed by atoms with van der Waals surface area (Å²) < 4.78 is 23.3. The van der Waals surface area contributed by atoms with Gasteiger partial charge in [0.15, 0.2) is 11.6 Å². The second kappa shape index (κ2) is 9.11. The van der Waals surface area contributed by atoms with Crippen molar-refractivity contribution in [1.29, 1.82) is 0 Å². The van der Waals surface area contributed by atoms with Crippen molar-refractivity contribution in [2.75, 3.05) is 19.8 Å². The number of benzene rings is 2. The van der Waals surface area contributed by atoms with E-state index < -0.39 is 29.2 Å². The lowest BCUT2D eigenvalue weighted by Gasteiger charge is -2.08. The first-order valence-electron chi connectivity index (χ1n) is 7.53. The number of para-hydroxylation sites is 1. The van der Waals surface area contributed by atoms with E-state index >= 15 is 0 Å². The molecule has 0 radical (unpaired) electrons. The molecule has 0 aliphatic rings. The summed E-state index contributed by atoms with van der Waals surface area (Å²) in [7, 11) is 0. The van der Waals surface area contributed by atoms with Gasteiger partial charge in [-0.2, -0.15) is 0 Å². The topological polar surface area (TPSA) is 108 Å². The Hall–Kier alpha value is -3.49. The zero-order valence-electron chi connectivity index (χ0n) is 13.5. The highest BCUT2D eigenvalue weighted by molar-refractivity contribution is 5.96. The average molecular weight is 362 g/mol. The van der Waals surface area contributed by atoms with Gasteiger partial charge in [0.25, 0.3) is 11.6 Å². The van der Waals surface area contributed by atoms with Crippen molar-refractivity contribution >= 4 is 17.6 Å². The van der Waals surface area contributed by atoms with Crippen LogP contribution < -0.4 is 10.1 Å². The molecule has 136 valence electrons. The van der Waals surface area contributed by atoms with Gasteiger partial charge < -0.3 is 14.8 Å². The van der Waals surface area contributed by atoms with Crippen LogP contribution in [-0.4, -0.2) is 36.6 Å². The lowest BCUT2D eigenvalue weighted by molar-refractivity contribution is -0.384. The molecule has 0 aliphatic carbocycles. The van der Waals surface area contributed by atoms with Crippen molar-refractivity contribution in [2.45, 2.75) is 0 Å². The van der Waals surface area contributed by atoms with Crippen molar-refractivity contribution in [3.63, 3.8) is 0 Å². The molecule has 0 aromatic heterocycles. The molecule has 0 atom stereocenters. The molecule has 0 saturated carbocycles. The average Bonchev–Trinajstić information content (AvgIpc) is 2.64. The highest BCUT2D eigenvalue weighted by atomic mass is 19.1. The lowest BCUT2D eigenvalue weighted by Crippen LogP contribution is -2.31. The third kappa shape index (κ3) is 5.55. The number of nitrogens with zero attached hydrogens (tertiary/aromatic N) is 1. The van der Waals surface area contributed by atoms with Gasteiger partial charge >= 0.3 is 5.97 Å². The van der Waals surface area contributed by atoms with E-state index in [0.717, 1.165) is 6.07 Å². The highest BCUT2D eigenvalue weighted by Gasteiger charge is 2.13. The smallest absolute Gasteiger partial charge is 0.325 e. The summed E-state index contributed by atoms with van der Waals surface area (Å²) in [6.45, 7) is -0.591. The number of nitro benzene ring substituents is 1. The molecule has 9 heteroatoms. The number of rotatable bonds is 8. The Kier molecular flexibility index (Phi) is 6.60. The maximum atomic E-state index is 13.3. The van der Waals surface area contributed by atoms with Crippen LogP contribution in [0.5, 0.6) is 5.75 Å². The summed E-state index contributed by atoms with van der Waals surface area (Å²) in [5.74, 6) is -1.85. The molecular formula is C17H15FN2O6. The molecule has 2 aromatic carbocycles. The second-order valence-electron chi connectivity index (χ2n) is 4.99. The van der Waals surface area contributed by atoms with Gasteiger partial charge in [0.2, 0.25) is 0 Å². The number of non-ortho nitro benzene ring substituents is 1. The van der Waals surface area contributed by atoms with E-state index in [4.69, 9.17) is 9.47 Å². The number of carbonyl (C=O) groups is 2. The summed E-state index contributed by atoms with van der Waals surface area (Å²) in [5, 5.41) is 13.0. The SMILES string of the molecule is O=C(CNC(=O)c1cccc([N+](=O)[O-])c1)OCCOc1ccccc1F. The van der Waals surface area contributed by atoms with E-state index in [1.54, 1.807) is 6.07 Å². The van der Waals surface area contributed by atoms with Gasteiger partial charge in [0, 0.05) is 17.7 Å². The quantitative estimate of drug-likeness (QED) is 0.333. The van der Waals surface area contributed by atoms with Crippen LogP contribution in [0.3, 0.4) is 0 Å². The van der Waals surface area contributed by atoms with Crippen LogP contribution in [0.4, 0.5) is 10.1 Å². The minimum atomic E-state index is -0.721. The lowest BCUT2D eigenvalue weighted by atomic mass is 10.2. The molecule has 26 heavy (non-hydrogen) atoms. The van der Waals surface area contributed by atoms with E-state index in [0.29, 0.717) is 0 Å². The van der Waals surface area contributed by atoms with Crippen molar-refractivity contribution < 1.29 is 28.4 Å². The first-order valence-corrected chi connectivity index (χ1v) is 7.53. The summed E-state index contributed by atoms with van der Waals surface area (Å²) in [6.07, 6.45) is 0. The van der Waals surface area contributed by atoms with Gasteiger partial charge in [-0.3, -0.25) is 19.7 Å². The Morgan fingerprint density at radius 1 is 1.12 bits per heavy atom. The Labute approximate surface area is 147 Å². The Morgan fingerprint density at radius 2 is 1.88 bits per heavy atom. The molecule has 1 N–H and O–H groups in total. The first-order chi connectivity index (χ1) is 12.5. The highest BCUT2D eigenvalue weighted by Crippen LogP contribution is 2.15.